The molecule has 0 radical (unpaired) electrons. The van der Waals surface area contributed by atoms with Crippen molar-refractivity contribution in [3.63, 3.8) is 0 Å². The van der Waals surface area contributed by atoms with Gasteiger partial charge in [-0.3, -0.25) is 9.59 Å². The predicted octanol–water partition coefficient (Wildman–Crippen LogP) is 2.92. The first-order valence-corrected chi connectivity index (χ1v) is 9.72. The number of hydrogen-bond acceptors (Lipinski definition) is 3. The van der Waals surface area contributed by atoms with Crippen LogP contribution in [0.4, 0.5) is 0 Å². The summed E-state index contributed by atoms with van der Waals surface area (Å²) < 4.78 is 0. The number of carbonyl (C=O) groups excluding carboxylic acids is 2. The molecule has 6 heteroatoms. The summed E-state index contributed by atoms with van der Waals surface area (Å²) in [5.74, 6) is -1.70. The molecule has 2 N–H and O–H groups in total. The second kappa shape index (κ2) is 9.53. The number of aryl methyl sites for hydroxylation is 2. The van der Waals surface area contributed by atoms with Crippen molar-refractivity contribution >= 4 is 17.8 Å². The van der Waals surface area contributed by atoms with Gasteiger partial charge >= 0.3 is 5.97 Å². The number of likely N-dealkylation sites (tertiary alicyclic amines) is 1. The van der Waals surface area contributed by atoms with Gasteiger partial charge in [-0.2, -0.15) is 0 Å². The van der Waals surface area contributed by atoms with Crippen LogP contribution in [0.15, 0.2) is 18.2 Å². The lowest BCUT2D eigenvalue weighted by molar-refractivity contribution is -0.143. The largest absolute Gasteiger partial charge is 0.480 e. The molecule has 6 nitrogen and oxygen atoms in total. The topological polar surface area (TPSA) is 86.7 Å². The first-order chi connectivity index (χ1) is 12.8. The fourth-order valence-corrected chi connectivity index (χ4v) is 3.61. The fourth-order valence-electron chi connectivity index (χ4n) is 3.61. The number of carboxylic acids is 1. The van der Waals surface area contributed by atoms with Gasteiger partial charge in [0.1, 0.15) is 6.04 Å². The number of benzene rings is 1. The quantitative estimate of drug-likeness (QED) is 0.768. The van der Waals surface area contributed by atoms with Crippen LogP contribution in [0.1, 0.15) is 60.5 Å². The van der Waals surface area contributed by atoms with Crippen molar-refractivity contribution in [2.75, 3.05) is 13.1 Å². The van der Waals surface area contributed by atoms with Crippen molar-refractivity contribution in [1.29, 1.82) is 0 Å². The number of amides is 2. The molecular formula is C21H30N2O4. The summed E-state index contributed by atoms with van der Waals surface area (Å²) in [4.78, 5) is 38.5. The molecule has 1 saturated heterocycles. The van der Waals surface area contributed by atoms with Crippen LogP contribution in [-0.2, 0) is 9.59 Å². The second-order valence-corrected chi connectivity index (χ2v) is 7.51. The summed E-state index contributed by atoms with van der Waals surface area (Å²) in [7, 11) is 0. The molecule has 2 rings (SSSR count). The molecule has 1 aliphatic rings. The van der Waals surface area contributed by atoms with E-state index in [9.17, 15) is 19.5 Å². The number of nitrogens with zero attached hydrogens (tertiary/aromatic N) is 1. The Kier molecular flexibility index (Phi) is 7.39. The Bertz CT molecular complexity index is 681. The molecule has 0 saturated carbocycles. The summed E-state index contributed by atoms with van der Waals surface area (Å²) in [6, 6.07) is 4.89. The first-order valence-electron chi connectivity index (χ1n) is 9.72. The zero-order valence-electron chi connectivity index (χ0n) is 16.5. The SMILES string of the molecule is CCCC[C@H](NC(=O)C1CCCN(C(=O)c2cc(C)cc(C)c2)C1)C(=O)O. The third-order valence-electron chi connectivity index (χ3n) is 5.01. The monoisotopic (exact) mass is 374 g/mol. The van der Waals surface area contributed by atoms with Gasteiger partial charge in [-0.1, -0.05) is 37.0 Å². The highest BCUT2D eigenvalue weighted by Crippen LogP contribution is 2.20. The minimum Gasteiger partial charge on any atom is -0.480 e. The summed E-state index contributed by atoms with van der Waals surface area (Å²) in [5.41, 5.74) is 2.70. The van der Waals surface area contributed by atoms with E-state index in [0.717, 1.165) is 30.4 Å². The third kappa shape index (κ3) is 5.81. The van der Waals surface area contributed by atoms with Crippen molar-refractivity contribution < 1.29 is 19.5 Å². The molecule has 27 heavy (non-hydrogen) atoms. The molecule has 1 aromatic carbocycles. The highest BCUT2D eigenvalue weighted by molar-refractivity contribution is 5.95. The van der Waals surface area contributed by atoms with Crippen LogP contribution in [0.25, 0.3) is 0 Å². The smallest absolute Gasteiger partial charge is 0.326 e. The summed E-state index contributed by atoms with van der Waals surface area (Å²) >= 11 is 0. The standard InChI is InChI=1S/C21H30N2O4/c1-4-5-8-18(21(26)27)22-19(24)16-7-6-9-23(13-16)20(25)17-11-14(2)10-15(3)12-17/h10-12,16,18H,4-9,13H2,1-3H3,(H,22,24)(H,26,27)/t16?,18-/m0/s1. The van der Waals surface area contributed by atoms with Crippen LogP contribution in [0.3, 0.4) is 0 Å². The summed E-state index contributed by atoms with van der Waals surface area (Å²) in [5, 5.41) is 12.0. The van der Waals surface area contributed by atoms with Crippen LogP contribution in [-0.4, -0.2) is 46.9 Å². The molecule has 1 aliphatic heterocycles. The van der Waals surface area contributed by atoms with E-state index in [-0.39, 0.29) is 17.7 Å². The van der Waals surface area contributed by atoms with E-state index in [1.807, 2.05) is 39.0 Å². The molecule has 2 amide bonds. The van der Waals surface area contributed by atoms with Crippen molar-refractivity contribution in [3.05, 3.63) is 34.9 Å². The zero-order valence-corrected chi connectivity index (χ0v) is 16.5. The fraction of sp³-hybridized carbons (Fsp3) is 0.571. The maximum Gasteiger partial charge on any atom is 0.326 e. The number of unbranched alkanes of at least 4 members (excludes halogenated alkanes) is 1. The molecule has 0 aromatic heterocycles. The van der Waals surface area contributed by atoms with Gasteiger partial charge in [0.2, 0.25) is 5.91 Å². The minimum absolute atomic E-state index is 0.0694. The number of carbonyl (C=O) groups is 3. The molecule has 2 atom stereocenters. The molecule has 1 unspecified atom stereocenters. The Morgan fingerprint density at radius 2 is 1.89 bits per heavy atom. The maximum atomic E-state index is 12.8. The van der Waals surface area contributed by atoms with Crippen LogP contribution in [0.5, 0.6) is 0 Å². The Labute approximate surface area is 160 Å². The molecule has 1 aromatic rings. The number of hydrogen-bond donors (Lipinski definition) is 2. The van der Waals surface area contributed by atoms with Crippen molar-refractivity contribution in [2.24, 2.45) is 5.92 Å². The van der Waals surface area contributed by atoms with E-state index in [4.69, 9.17) is 0 Å². The molecule has 148 valence electrons. The van der Waals surface area contributed by atoms with Gasteiger partial charge in [-0.05, 0) is 45.2 Å². The number of aliphatic carboxylic acids is 1. The van der Waals surface area contributed by atoms with Gasteiger partial charge in [-0.15, -0.1) is 0 Å². The Morgan fingerprint density at radius 1 is 1.22 bits per heavy atom. The van der Waals surface area contributed by atoms with Crippen molar-refractivity contribution in [2.45, 2.75) is 58.9 Å². The molecule has 0 aliphatic carbocycles. The van der Waals surface area contributed by atoms with Gasteiger partial charge in [-0.25, -0.2) is 4.79 Å². The lowest BCUT2D eigenvalue weighted by atomic mass is 9.95. The van der Waals surface area contributed by atoms with Crippen molar-refractivity contribution in [3.8, 4) is 0 Å². The number of carboxylic acid groups (broad SMARTS) is 1. The number of piperidine rings is 1. The van der Waals surface area contributed by atoms with Gasteiger partial charge in [0.05, 0.1) is 5.92 Å². The van der Waals surface area contributed by atoms with E-state index in [0.29, 0.717) is 31.5 Å². The molecule has 0 spiro atoms. The van der Waals surface area contributed by atoms with Crippen LogP contribution < -0.4 is 5.32 Å². The summed E-state index contributed by atoms with van der Waals surface area (Å²) in [6.45, 7) is 6.85. The normalized spacial score (nSPS) is 18.0. The number of rotatable bonds is 7. The van der Waals surface area contributed by atoms with E-state index in [1.54, 1.807) is 4.90 Å². The third-order valence-corrected chi connectivity index (χ3v) is 5.01. The van der Waals surface area contributed by atoms with Gasteiger partial charge in [0, 0.05) is 18.7 Å². The van der Waals surface area contributed by atoms with E-state index >= 15 is 0 Å². The lowest BCUT2D eigenvalue weighted by Crippen LogP contribution is -2.49. The Balaban J connectivity index is 2.02. The molecule has 1 fully saturated rings. The lowest BCUT2D eigenvalue weighted by Gasteiger charge is -2.32. The average Bonchev–Trinajstić information content (AvgIpc) is 2.63. The highest BCUT2D eigenvalue weighted by Gasteiger charge is 2.31. The van der Waals surface area contributed by atoms with Crippen molar-refractivity contribution in [1.82, 2.24) is 10.2 Å². The highest BCUT2D eigenvalue weighted by atomic mass is 16.4. The van der Waals surface area contributed by atoms with Gasteiger partial charge < -0.3 is 15.3 Å². The second-order valence-electron chi connectivity index (χ2n) is 7.51. The van der Waals surface area contributed by atoms with Crippen LogP contribution in [0.2, 0.25) is 0 Å². The molecule has 1 heterocycles. The zero-order chi connectivity index (χ0) is 20.0. The minimum atomic E-state index is -1.00. The van der Waals surface area contributed by atoms with Crippen LogP contribution in [0, 0.1) is 19.8 Å². The van der Waals surface area contributed by atoms with E-state index < -0.39 is 12.0 Å². The Hall–Kier alpha value is -2.37. The Morgan fingerprint density at radius 3 is 2.48 bits per heavy atom. The summed E-state index contributed by atoms with van der Waals surface area (Å²) in [6.07, 6.45) is 3.46. The maximum absolute atomic E-state index is 12.8. The number of nitrogens with one attached hydrogen (secondary N) is 1. The van der Waals surface area contributed by atoms with Gasteiger partial charge in [0.25, 0.3) is 5.91 Å². The van der Waals surface area contributed by atoms with Gasteiger partial charge in [0.15, 0.2) is 0 Å². The van der Waals surface area contributed by atoms with E-state index in [1.165, 1.54) is 0 Å². The van der Waals surface area contributed by atoms with E-state index in [2.05, 4.69) is 5.32 Å². The predicted molar refractivity (Wildman–Crippen MR) is 104 cm³/mol. The molecular weight excluding hydrogens is 344 g/mol. The molecule has 0 bridgehead atoms. The first kappa shape index (κ1) is 20.9. The van der Waals surface area contributed by atoms with Crippen LogP contribution >= 0.6 is 0 Å². The average molecular weight is 374 g/mol.